The van der Waals surface area contributed by atoms with Gasteiger partial charge in [-0.2, -0.15) is 0 Å². The zero-order valence-electron chi connectivity index (χ0n) is 5.29. The number of carbonyl (C=O) groups is 1. The SMILES string of the molecule is C=CN=C(N=C)C(C)=O. The van der Waals surface area contributed by atoms with Gasteiger partial charge in [0, 0.05) is 13.1 Å². The average Bonchev–Trinajstić information content (AvgIpc) is 1.82. The molecule has 0 aliphatic rings. The third-order valence-corrected chi connectivity index (χ3v) is 0.678. The minimum Gasteiger partial charge on any atom is -0.291 e. The lowest BCUT2D eigenvalue weighted by Crippen LogP contribution is -2.04. The van der Waals surface area contributed by atoms with Crippen LogP contribution in [0.25, 0.3) is 0 Å². The van der Waals surface area contributed by atoms with E-state index in [1.165, 1.54) is 13.1 Å². The zero-order chi connectivity index (χ0) is 7.28. The van der Waals surface area contributed by atoms with E-state index >= 15 is 0 Å². The van der Waals surface area contributed by atoms with E-state index in [2.05, 4.69) is 23.3 Å². The van der Waals surface area contributed by atoms with E-state index in [4.69, 9.17) is 0 Å². The molecule has 0 radical (unpaired) electrons. The maximum atomic E-state index is 10.5. The fraction of sp³-hybridized carbons (Fsp3) is 0.167. The van der Waals surface area contributed by atoms with E-state index in [1.807, 2.05) is 0 Å². The number of aliphatic imine (C=N–C) groups is 2. The standard InChI is InChI=1S/C6H8N2O/c1-4-8-6(7-3)5(2)9/h4H,1,3H2,2H3. The van der Waals surface area contributed by atoms with Gasteiger partial charge in [-0.05, 0) is 6.72 Å². The van der Waals surface area contributed by atoms with Crippen LogP contribution < -0.4 is 0 Å². The Balaban J connectivity index is 4.32. The maximum Gasteiger partial charge on any atom is 0.196 e. The van der Waals surface area contributed by atoms with Crippen LogP contribution in [0.5, 0.6) is 0 Å². The summed E-state index contributed by atoms with van der Waals surface area (Å²) in [6.45, 7) is 7.83. The van der Waals surface area contributed by atoms with Gasteiger partial charge in [-0.3, -0.25) is 4.79 Å². The monoisotopic (exact) mass is 124 g/mol. The van der Waals surface area contributed by atoms with Crippen molar-refractivity contribution in [3.63, 3.8) is 0 Å². The summed E-state index contributed by atoms with van der Waals surface area (Å²) in [5, 5.41) is 0. The highest BCUT2D eigenvalue weighted by Gasteiger charge is 1.97. The Morgan fingerprint density at radius 2 is 2.22 bits per heavy atom. The molecule has 0 rings (SSSR count). The minimum atomic E-state index is -0.204. The summed E-state index contributed by atoms with van der Waals surface area (Å²) in [6.07, 6.45) is 1.26. The summed E-state index contributed by atoms with van der Waals surface area (Å²) < 4.78 is 0. The van der Waals surface area contributed by atoms with Gasteiger partial charge in [0.15, 0.2) is 11.6 Å². The van der Waals surface area contributed by atoms with Gasteiger partial charge in [0.1, 0.15) is 0 Å². The van der Waals surface area contributed by atoms with Gasteiger partial charge in [0.05, 0.1) is 0 Å². The van der Waals surface area contributed by atoms with Crippen molar-refractivity contribution in [2.75, 3.05) is 0 Å². The van der Waals surface area contributed by atoms with Crippen LogP contribution in [0.4, 0.5) is 0 Å². The van der Waals surface area contributed by atoms with Crippen molar-refractivity contribution < 1.29 is 4.79 Å². The third kappa shape index (κ3) is 2.54. The molecule has 3 nitrogen and oxygen atoms in total. The molecule has 0 aromatic carbocycles. The van der Waals surface area contributed by atoms with Crippen LogP contribution in [0.15, 0.2) is 22.8 Å². The summed E-state index contributed by atoms with van der Waals surface area (Å²) in [5.41, 5.74) is 0. The van der Waals surface area contributed by atoms with Gasteiger partial charge in [0.2, 0.25) is 0 Å². The fourth-order valence-electron chi connectivity index (χ4n) is 0.330. The summed E-state index contributed by atoms with van der Waals surface area (Å²) in [4.78, 5) is 17.4. The van der Waals surface area contributed by atoms with E-state index in [1.54, 1.807) is 0 Å². The van der Waals surface area contributed by atoms with Crippen molar-refractivity contribution in [1.82, 2.24) is 0 Å². The average molecular weight is 124 g/mol. The van der Waals surface area contributed by atoms with Crippen molar-refractivity contribution in [1.29, 1.82) is 0 Å². The molecule has 0 saturated carbocycles. The van der Waals surface area contributed by atoms with Gasteiger partial charge < -0.3 is 0 Å². The lowest BCUT2D eigenvalue weighted by Gasteiger charge is -1.86. The molecule has 0 aliphatic carbocycles. The second-order valence-corrected chi connectivity index (χ2v) is 1.35. The highest BCUT2D eigenvalue weighted by molar-refractivity contribution is 6.39. The Labute approximate surface area is 53.8 Å². The number of hydrogen-bond acceptors (Lipinski definition) is 2. The highest BCUT2D eigenvalue weighted by atomic mass is 16.1. The number of carbonyl (C=O) groups excluding carboxylic acids is 1. The van der Waals surface area contributed by atoms with Gasteiger partial charge in [-0.25, -0.2) is 9.98 Å². The van der Waals surface area contributed by atoms with E-state index < -0.39 is 0 Å². The second-order valence-electron chi connectivity index (χ2n) is 1.35. The van der Waals surface area contributed by atoms with Crippen LogP contribution in [0, 0.1) is 0 Å². The Hall–Kier alpha value is -1.25. The van der Waals surface area contributed by atoms with Crippen LogP contribution >= 0.6 is 0 Å². The Bertz CT molecular complexity index is 170. The first-order chi connectivity index (χ1) is 4.22. The maximum absolute atomic E-state index is 10.5. The predicted molar refractivity (Wildman–Crippen MR) is 37.9 cm³/mol. The van der Waals surface area contributed by atoms with Gasteiger partial charge in [0.25, 0.3) is 0 Å². The number of Topliss-reactive ketones (excluding diaryl/α,β-unsaturated/α-hetero) is 1. The first kappa shape index (κ1) is 7.75. The highest BCUT2D eigenvalue weighted by Crippen LogP contribution is 1.82. The summed E-state index contributed by atoms with van der Waals surface area (Å²) in [7, 11) is 0. The molecule has 3 heteroatoms. The van der Waals surface area contributed by atoms with Crippen molar-refractivity contribution in [3.8, 4) is 0 Å². The molecular formula is C6H8N2O. The molecule has 9 heavy (non-hydrogen) atoms. The van der Waals surface area contributed by atoms with E-state index in [9.17, 15) is 4.79 Å². The van der Waals surface area contributed by atoms with Crippen LogP contribution in [0.1, 0.15) is 6.92 Å². The summed E-state index contributed by atoms with van der Waals surface area (Å²) in [5.74, 6) is -0.102. The number of nitrogens with zero attached hydrogens (tertiary/aromatic N) is 2. The van der Waals surface area contributed by atoms with Crippen molar-refractivity contribution in [3.05, 3.63) is 12.8 Å². The Morgan fingerprint density at radius 3 is 2.33 bits per heavy atom. The zero-order valence-corrected chi connectivity index (χ0v) is 5.29. The minimum absolute atomic E-state index is 0.102. The van der Waals surface area contributed by atoms with Crippen molar-refractivity contribution in [2.24, 2.45) is 9.98 Å². The van der Waals surface area contributed by atoms with Crippen LogP contribution in [-0.2, 0) is 4.79 Å². The lowest BCUT2D eigenvalue weighted by molar-refractivity contribution is -0.111. The van der Waals surface area contributed by atoms with E-state index in [-0.39, 0.29) is 11.6 Å². The van der Waals surface area contributed by atoms with Gasteiger partial charge in [-0.1, -0.05) is 6.58 Å². The normalized spacial score (nSPS) is 10.6. The molecule has 0 aromatic heterocycles. The van der Waals surface area contributed by atoms with Crippen LogP contribution in [0.2, 0.25) is 0 Å². The predicted octanol–water partition coefficient (Wildman–Crippen LogP) is 0.818. The lowest BCUT2D eigenvalue weighted by atomic mass is 10.4. The van der Waals surface area contributed by atoms with Gasteiger partial charge >= 0.3 is 0 Å². The molecule has 0 N–H and O–H groups in total. The molecule has 0 aliphatic heterocycles. The molecule has 0 saturated heterocycles. The number of ketones is 1. The van der Waals surface area contributed by atoms with E-state index in [0.29, 0.717) is 0 Å². The molecule has 0 heterocycles. The van der Waals surface area contributed by atoms with Crippen LogP contribution in [-0.4, -0.2) is 18.3 Å². The molecule has 0 fully saturated rings. The number of hydrogen-bond donors (Lipinski definition) is 0. The number of rotatable bonds is 2. The smallest absolute Gasteiger partial charge is 0.196 e. The molecule has 48 valence electrons. The molecule has 0 aromatic rings. The molecular weight excluding hydrogens is 116 g/mol. The Morgan fingerprint density at radius 1 is 1.67 bits per heavy atom. The largest absolute Gasteiger partial charge is 0.291 e. The van der Waals surface area contributed by atoms with E-state index in [0.717, 1.165) is 0 Å². The fourth-order valence-corrected chi connectivity index (χ4v) is 0.330. The molecule has 0 atom stereocenters. The molecule has 0 unspecified atom stereocenters. The number of amidine groups is 1. The van der Waals surface area contributed by atoms with Gasteiger partial charge in [-0.15, -0.1) is 0 Å². The topological polar surface area (TPSA) is 41.8 Å². The van der Waals surface area contributed by atoms with Crippen molar-refractivity contribution in [2.45, 2.75) is 6.92 Å². The first-order valence-electron chi connectivity index (χ1n) is 2.38. The molecule has 0 amide bonds. The Kier molecular flexibility index (Phi) is 3.20. The summed E-state index contributed by atoms with van der Waals surface area (Å²) in [6, 6.07) is 0. The van der Waals surface area contributed by atoms with Crippen molar-refractivity contribution >= 4 is 18.3 Å². The summed E-state index contributed by atoms with van der Waals surface area (Å²) >= 11 is 0. The quantitative estimate of drug-likeness (QED) is 0.397. The molecule has 0 bridgehead atoms. The van der Waals surface area contributed by atoms with Crippen LogP contribution in [0.3, 0.4) is 0 Å². The third-order valence-electron chi connectivity index (χ3n) is 0.678. The molecule has 0 spiro atoms. The first-order valence-corrected chi connectivity index (χ1v) is 2.38. The second kappa shape index (κ2) is 3.72.